The predicted octanol–water partition coefficient (Wildman–Crippen LogP) is 11.9. The van der Waals surface area contributed by atoms with Crippen LogP contribution in [0.2, 0.25) is 0 Å². The van der Waals surface area contributed by atoms with Crippen LogP contribution in [0.25, 0.3) is 0 Å². The van der Waals surface area contributed by atoms with E-state index in [1.165, 1.54) is 112 Å². The molecule has 8 unspecified atom stereocenters. The standard InChI is InChI=1S/C50H75N5/c1-35-13-10-17-39(29-35)33-52-49(41-24-22-40(23-25-41)45-20-7-6-16-38(45)4)55(51)34-53-47-27-26-43(32-46(47)42-18-11-14-36(2)30-42)50(5)28-9-8-21-48(50)54-44-19-12-15-37(3)31-44/h10-11,13,18-19,22-25,32,35-39,42,45,48,53-54H,6-9,12,14-17,20-21,26-31,33-34,51H2,1-5H3/b52-49-/t35?,36-,37?,38?,39?,42?,45?,48?,50?/m0/s1. The smallest absolute Gasteiger partial charge is 0.146 e. The molecule has 6 aliphatic rings. The Hall–Kier alpha value is -3.05. The Balaban J connectivity index is 1.14. The zero-order valence-corrected chi connectivity index (χ0v) is 35.3. The van der Waals surface area contributed by atoms with Crippen molar-refractivity contribution in [3.05, 3.63) is 94.4 Å². The first-order chi connectivity index (χ1) is 26.7. The molecule has 0 aromatic heterocycles. The molecule has 5 nitrogen and oxygen atoms in total. The van der Waals surface area contributed by atoms with E-state index in [1.807, 2.05) is 5.01 Å². The minimum atomic E-state index is 0.174. The average Bonchev–Trinajstić information content (AvgIpc) is 3.18. The van der Waals surface area contributed by atoms with E-state index in [9.17, 15) is 0 Å². The summed E-state index contributed by atoms with van der Waals surface area (Å²) >= 11 is 0. The number of allylic oxidation sites excluding steroid dienone is 9. The van der Waals surface area contributed by atoms with Crippen LogP contribution in [-0.2, 0) is 0 Å². The number of hydrogen-bond donors (Lipinski definition) is 3. The van der Waals surface area contributed by atoms with Crippen molar-refractivity contribution in [2.45, 2.75) is 156 Å². The third-order valence-electron chi connectivity index (χ3n) is 14.8. The molecule has 0 heterocycles. The van der Waals surface area contributed by atoms with Gasteiger partial charge in [0, 0.05) is 40.9 Å². The highest BCUT2D eigenvalue weighted by Crippen LogP contribution is 2.48. The molecule has 0 radical (unpaired) electrons. The van der Waals surface area contributed by atoms with Gasteiger partial charge >= 0.3 is 0 Å². The number of hydrazine groups is 1. The quantitative estimate of drug-likeness (QED) is 0.0527. The summed E-state index contributed by atoms with van der Waals surface area (Å²) in [4.78, 5) is 5.33. The maximum atomic E-state index is 7.10. The van der Waals surface area contributed by atoms with E-state index in [1.54, 1.807) is 5.57 Å². The van der Waals surface area contributed by atoms with Crippen LogP contribution in [0.5, 0.6) is 0 Å². The van der Waals surface area contributed by atoms with Crippen molar-refractivity contribution in [1.29, 1.82) is 0 Å². The highest BCUT2D eigenvalue weighted by atomic mass is 15.5. The number of nitrogens with zero attached hydrogens (tertiary/aromatic N) is 2. The Labute approximate surface area is 335 Å². The fourth-order valence-corrected chi connectivity index (χ4v) is 11.3. The van der Waals surface area contributed by atoms with Gasteiger partial charge in [-0.05, 0) is 124 Å². The van der Waals surface area contributed by atoms with Crippen LogP contribution in [0.1, 0.15) is 161 Å². The topological polar surface area (TPSA) is 65.7 Å². The molecule has 0 amide bonds. The van der Waals surface area contributed by atoms with Crippen LogP contribution in [0.4, 0.5) is 0 Å². The third kappa shape index (κ3) is 9.92. The second-order valence-corrected chi connectivity index (χ2v) is 19.4. The zero-order chi connectivity index (χ0) is 38.4. The number of benzene rings is 1. The minimum absolute atomic E-state index is 0.174. The molecular formula is C50H75N5. The molecule has 5 heteroatoms. The Bertz CT molecular complexity index is 1630. The maximum Gasteiger partial charge on any atom is 0.146 e. The van der Waals surface area contributed by atoms with E-state index < -0.39 is 0 Å². The van der Waals surface area contributed by atoms with Gasteiger partial charge in [-0.1, -0.05) is 133 Å². The number of nitrogens with one attached hydrogen (secondary N) is 2. The normalized spacial score (nSPS) is 34.5. The molecular weight excluding hydrogens is 671 g/mol. The molecule has 0 spiro atoms. The summed E-state index contributed by atoms with van der Waals surface area (Å²) in [6, 6.07) is 9.84. The van der Waals surface area contributed by atoms with Gasteiger partial charge in [-0.15, -0.1) is 0 Å². The van der Waals surface area contributed by atoms with E-state index in [0.717, 1.165) is 49.0 Å². The van der Waals surface area contributed by atoms with Crippen LogP contribution < -0.4 is 16.5 Å². The van der Waals surface area contributed by atoms with Gasteiger partial charge < -0.3 is 10.6 Å². The molecule has 2 fully saturated rings. The first-order valence-electron chi connectivity index (χ1n) is 22.8. The Morgan fingerprint density at radius 1 is 0.891 bits per heavy atom. The van der Waals surface area contributed by atoms with Crippen molar-refractivity contribution in [3.8, 4) is 0 Å². The summed E-state index contributed by atoms with van der Waals surface area (Å²) in [5, 5.41) is 10.0. The molecule has 7 rings (SSSR count). The Morgan fingerprint density at radius 2 is 1.69 bits per heavy atom. The summed E-state index contributed by atoms with van der Waals surface area (Å²) in [5.41, 5.74) is 8.83. The van der Waals surface area contributed by atoms with E-state index in [0.29, 0.717) is 42.3 Å². The molecule has 2 saturated carbocycles. The van der Waals surface area contributed by atoms with Gasteiger partial charge in [-0.3, -0.25) is 10.0 Å². The number of hydrogen-bond acceptors (Lipinski definition) is 4. The van der Waals surface area contributed by atoms with Gasteiger partial charge in [0.25, 0.3) is 0 Å². The Morgan fingerprint density at radius 3 is 2.47 bits per heavy atom. The maximum absolute atomic E-state index is 7.10. The average molecular weight is 746 g/mol. The van der Waals surface area contributed by atoms with Gasteiger partial charge in [-0.2, -0.15) is 0 Å². The molecule has 9 atom stereocenters. The number of aliphatic imine (C=N–C) groups is 1. The van der Waals surface area contributed by atoms with Crippen molar-refractivity contribution in [2.75, 3.05) is 13.2 Å². The molecule has 6 aliphatic carbocycles. The van der Waals surface area contributed by atoms with Crippen molar-refractivity contribution in [1.82, 2.24) is 15.6 Å². The summed E-state index contributed by atoms with van der Waals surface area (Å²) < 4.78 is 0. The second-order valence-electron chi connectivity index (χ2n) is 19.4. The number of rotatable bonds is 11. The van der Waals surface area contributed by atoms with Crippen LogP contribution in [0, 0.1) is 40.9 Å². The second kappa shape index (κ2) is 18.5. The largest absolute Gasteiger partial charge is 0.385 e. The molecule has 0 aliphatic heterocycles. The van der Waals surface area contributed by atoms with Gasteiger partial charge in [0.05, 0.1) is 0 Å². The first kappa shape index (κ1) is 40.2. The van der Waals surface area contributed by atoms with Crippen molar-refractivity contribution in [2.24, 2.45) is 51.8 Å². The van der Waals surface area contributed by atoms with Gasteiger partial charge in [0.2, 0.25) is 0 Å². The van der Waals surface area contributed by atoms with Gasteiger partial charge in [0.15, 0.2) is 0 Å². The van der Waals surface area contributed by atoms with E-state index in [4.69, 9.17) is 10.8 Å². The van der Waals surface area contributed by atoms with Crippen LogP contribution in [0.15, 0.2) is 88.3 Å². The number of amidine groups is 1. The highest BCUT2D eigenvalue weighted by molar-refractivity contribution is 5.98. The lowest BCUT2D eigenvalue weighted by Gasteiger charge is -2.46. The molecule has 1 aromatic carbocycles. The summed E-state index contributed by atoms with van der Waals surface area (Å²) in [5.74, 6) is 12.5. The molecule has 0 bridgehead atoms. The summed E-state index contributed by atoms with van der Waals surface area (Å²) in [7, 11) is 0. The monoisotopic (exact) mass is 746 g/mol. The summed E-state index contributed by atoms with van der Waals surface area (Å²) in [6.07, 6.45) is 36.0. The van der Waals surface area contributed by atoms with Gasteiger partial charge in [0.1, 0.15) is 12.5 Å². The molecule has 300 valence electrons. The molecule has 55 heavy (non-hydrogen) atoms. The lowest BCUT2D eigenvalue weighted by Crippen LogP contribution is -2.48. The molecule has 1 aromatic rings. The first-order valence-corrected chi connectivity index (χ1v) is 22.8. The number of nitrogens with two attached hydrogens (primary N) is 1. The van der Waals surface area contributed by atoms with E-state index >= 15 is 0 Å². The molecule has 0 saturated heterocycles. The predicted molar refractivity (Wildman–Crippen MR) is 233 cm³/mol. The SMILES string of the molecule is CC1C=CCC(C/N=C(/c2ccc(C3CCCCC3C)cc2)N(N)CNC2=C(C3C=CC[C@H](C)C3)C=C(C3(C)CCCCC3NC3=CCCC(C)C3)CC2)C1. The third-order valence-corrected chi connectivity index (χ3v) is 14.8. The van der Waals surface area contributed by atoms with Crippen molar-refractivity contribution >= 4 is 5.84 Å². The lowest BCUT2D eigenvalue weighted by molar-refractivity contribution is 0.187. The lowest BCUT2D eigenvalue weighted by atomic mass is 9.63. The van der Waals surface area contributed by atoms with Crippen molar-refractivity contribution < 1.29 is 0 Å². The van der Waals surface area contributed by atoms with Gasteiger partial charge in [-0.25, -0.2) is 5.84 Å². The highest BCUT2D eigenvalue weighted by Gasteiger charge is 2.41. The summed E-state index contributed by atoms with van der Waals surface area (Å²) in [6.45, 7) is 13.6. The van der Waals surface area contributed by atoms with Crippen LogP contribution in [0.3, 0.4) is 0 Å². The van der Waals surface area contributed by atoms with Crippen LogP contribution >= 0.6 is 0 Å². The Kier molecular flexibility index (Phi) is 13.5. The van der Waals surface area contributed by atoms with Crippen LogP contribution in [-0.4, -0.2) is 30.1 Å². The van der Waals surface area contributed by atoms with E-state index in [-0.39, 0.29) is 5.41 Å². The van der Waals surface area contributed by atoms with E-state index in [2.05, 4.69) is 106 Å². The fraction of sp³-hybridized carbons (Fsp3) is 0.660. The fourth-order valence-electron chi connectivity index (χ4n) is 11.3. The van der Waals surface area contributed by atoms with Crippen molar-refractivity contribution in [3.63, 3.8) is 0 Å². The molecule has 4 N–H and O–H groups in total. The zero-order valence-electron chi connectivity index (χ0n) is 35.3. The minimum Gasteiger partial charge on any atom is -0.385 e.